The van der Waals surface area contributed by atoms with E-state index in [1.165, 1.54) is 169 Å². The summed E-state index contributed by atoms with van der Waals surface area (Å²) in [5.74, 6) is 34.1. The molecule has 0 aromatic heterocycles. The zero-order valence-electron chi connectivity index (χ0n) is 34.2. The van der Waals surface area contributed by atoms with Gasteiger partial charge in [-0.2, -0.15) is 0 Å². The molecule has 48 aliphatic rings. The van der Waals surface area contributed by atoms with Crippen molar-refractivity contribution in [2.75, 3.05) is 0 Å². The summed E-state index contributed by atoms with van der Waals surface area (Å²) in [5, 5.41) is 0. The van der Waals surface area contributed by atoms with Crippen LogP contribution in [0.2, 0.25) is 0 Å². The van der Waals surface area contributed by atoms with Gasteiger partial charge in [-0.25, -0.2) is 0 Å². The zero-order chi connectivity index (χ0) is 34.2. The molecule has 0 radical (unpaired) electrons. The third-order valence-corrected chi connectivity index (χ3v) is 57.3. The third-order valence-electron chi connectivity index (χ3n) is 57.3. The number of rotatable bonds is 0. The van der Waals surface area contributed by atoms with Gasteiger partial charge in [0.05, 0.1) is 0 Å². The normalized spacial score (nSPS) is 147. The van der Waals surface area contributed by atoms with Gasteiger partial charge in [-0.3, -0.25) is 0 Å². The molecule has 48 rings (SSSR count). The molecule has 0 saturated heterocycles. The highest BCUT2D eigenvalue weighted by molar-refractivity contribution is 6.23. The van der Waals surface area contributed by atoms with Crippen molar-refractivity contribution < 1.29 is 0 Å². The van der Waals surface area contributed by atoms with Gasteiger partial charge in [-0.15, -0.1) is 0 Å². The highest BCUT2D eigenvalue weighted by Gasteiger charge is 3.79. The van der Waals surface area contributed by atoms with Crippen LogP contribution >= 0.6 is 0 Å². The molecule has 292 valence electrons. The van der Waals surface area contributed by atoms with Crippen LogP contribution in [0, 0.1) is 332 Å². The molecule has 0 heteroatoms. The minimum absolute atomic E-state index is 0. The molecule has 64 heavy (non-hydrogen) atoms. The number of fused-ring (bicyclic) bond motifs is 20. The van der Waals surface area contributed by atoms with Crippen LogP contribution in [0.15, 0.2) is 0 Å². The molecule has 0 nitrogen and oxygen atoms in total. The highest BCUT2D eigenvalue weighted by Crippen LogP contribution is 3.80. The van der Waals surface area contributed by atoms with Gasteiger partial charge >= 0.3 is 0 Å². The van der Waals surface area contributed by atoms with Gasteiger partial charge < -0.3 is 0 Å². The lowest BCUT2D eigenvalue weighted by Crippen LogP contribution is -3.75. The number of hydrogen-bond donors (Lipinski definition) is 0. The van der Waals surface area contributed by atoms with Crippen LogP contribution in [0.25, 0.3) is 0 Å². The summed E-state index contributed by atoms with van der Waals surface area (Å²) in [6.07, 6.45) is 7.54. The topological polar surface area (TPSA) is 0 Å². The van der Waals surface area contributed by atoms with Crippen molar-refractivity contribution in [1.82, 2.24) is 0 Å². The minimum atomic E-state index is 0. The second kappa shape index (κ2) is 2.96. The molecule has 0 aliphatic heterocycles. The lowest BCUT2D eigenvalue weighted by molar-refractivity contribution is -1.31. The maximum Gasteiger partial charge on any atom is -0.0000253 e. The maximum absolute atomic E-state index is 1.88. The van der Waals surface area contributed by atoms with Gasteiger partial charge in [0.25, 0.3) is 0 Å². The van der Waals surface area contributed by atoms with Gasteiger partial charge in [0.2, 0.25) is 0 Å². The van der Waals surface area contributed by atoms with Crippen molar-refractivity contribution in [3.8, 4) is 0 Å². The van der Waals surface area contributed by atoms with E-state index in [0.717, 1.165) is 162 Å². The Morgan fingerprint density at radius 1 is 0.156 bits per heavy atom. The molecule has 48 aliphatic carbocycles. The smallest absolute Gasteiger partial charge is 0.0000253 e. The van der Waals surface area contributed by atoms with E-state index in [4.69, 9.17) is 0 Å². The predicted octanol–water partition coefficient (Wildman–Crippen LogP) is 5.15. The Hall–Kier alpha value is 0. The van der Waals surface area contributed by atoms with Crippen molar-refractivity contribution in [3.05, 3.63) is 0 Å². The monoisotopic (exact) mass is 804 g/mol. The van der Waals surface area contributed by atoms with Crippen LogP contribution in [0.3, 0.4) is 0 Å². The van der Waals surface area contributed by atoms with E-state index >= 15 is 0 Å². The second-order valence-electron chi connectivity index (χ2n) is 41.9. The maximum atomic E-state index is 1.88. The summed E-state index contributed by atoms with van der Waals surface area (Å²) < 4.78 is 0. The van der Waals surface area contributed by atoms with Gasteiger partial charge in [-0.1, -0.05) is 7.43 Å². The van der Waals surface area contributed by atoms with E-state index in [1.54, 1.807) is 0 Å². The fraction of sp³-hybridized carbons (Fsp3) is 1.00. The Labute approximate surface area is 362 Å². The third kappa shape index (κ3) is 0.397. The molecule has 0 aromatic rings. The first-order valence-corrected chi connectivity index (χ1v) is 31.4. The van der Waals surface area contributed by atoms with Gasteiger partial charge in [0.1, 0.15) is 0 Å². The van der Waals surface area contributed by atoms with Crippen molar-refractivity contribution in [2.45, 2.75) is 33.1 Å². The standard InChI is InChI=1S/C63H32.CH4/c1-5-13-21-14-6-2-10-19-25-28-26-20-12-4-8-16-22-15-7-3-11-18-24-27-23-17-9(1)29(5)33(13)41(21)34(14)30(6,10)39(19)45(25)48(28)46(26)40(20)32(8,12)36(16)42(22)35(15)31(7,11)38(18)44(24)47(27)43(23)37(17,29)49(33)53(41)50(34,39)57(45)60(48)58(46)52(36,40)54(42)51(35,38)56(44)59(47)55(43,49)61(53,57)63(59,60)62(54,56)58;/h5-28H,1-4H2;1H4. The fourth-order valence-electron chi connectivity index (χ4n) is 74.8. The molecule has 0 aromatic carbocycles. The van der Waals surface area contributed by atoms with Gasteiger partial charge in [0.15, 0.2) is 0 Å². The zero-order valence-corrected chi connectivity index (χ0v) is 34.2. The minimum Gasteiger partial charge on any atom is -0.0776 e. The van der Waals surface area contributed by atoms with E-state index in [2.05, 4.69) is 0 Å². The van der Waals surface area contributed by atoms with Crippen molar-refractivity contribution >= 4 is 0 Å². The first-order valence-electron chi connectivity index (χ1n) is 31.4. The fourth-order valence-corrected chi connectivity index (χ4v) is 74.8. The molecule has 44 atom stereocenters. The molecule has 0 N–H and O–H groups in total. The first kappa shape index (κ1) is 21.0. The summed E-state index contributed by atoms with van der Waals surface area (Å²) in [7, 11) is 0. The van der Waals surface area contributed by atoms with Gasteiger partial charge in [-0.05, 0) is 357 Å². The molecule has 48 fully saturated rings. The van der Waals surface area contributed by atoms with E-state index < -0.39 is 0 Å². The van der Waals surface area contributed by atoms with Crippen molar-refractivity contribution in [1.29, 1.82) is 0 Å². The van der Waals surface area contributed by atoms with E-state index in [-0.39, 0.29) is 7.43 Å². The molecule has 48 saturated carbocycles. The van der Waals surface area contributed by atoms with E-state index in [9.17, 15) is 0 Å². The van der Waals surface area contributed by atoms with Crippen LogP contribution in [0.5, 0.6) is 0 Å². The van der Waals surface area contributed by atoms with Crippen LogP contribution in [-0.4, -0.2) is 0 Å². The molecule has 0 amide bonds. The Morgan fingerprint density at radius 3 is 0.578 bits per heavy atom. The Bertz CT molecular complexity index is 4120. The lowest BCUT2D eigenvalue weighted by atomic mass is 8.26. The predicted molar refractivity (Wildman–Crippen MR) is 194 cm³/mol. The first-order chi connectivity index (χ1) is 31.4. The average Bonchev–Trinajstić information content (AvgIpc) is 3.13. The van der Waals surface area contributed by atoms with E-state index in [0.29, 0.717) is 0 Å². The van der Waals surface area contributed by atoms with Gasteiger partial charge in [0, 0.05) is 0 Å². The molecular weight excluding hydrogens is 769 g/mol. The summed E-state index contributed by atoms with van der Waals surface area (Å²) >= 11 is 0. The van der Waals surface area contributed by atoms with Crippen molar-refractivity contribution in [3.63, 3.8) is 0 Å². The van der Waals surface area contributed by atoms with Crippen LogP contribution in [-0.2, 0) is 0 Å². The lowest BCUT2D eigenvalue weighted by Gasteiger charge is -3.75. The number of hydrogen-bond acceptors (Lipinski definition) is 0. The highest BCUT2D eigenvalue weighted by atomic mass is 15.8. The van der Waals surface area contributed by atoms with Crippen LogP contribution in [0.4, 0.5) is 0 Å². The quantitative estimate of drug-likeness (QED) is 0.319. The van der Waals surface area contributed by atoms with Crippen molar-refractivity contribution in [2.24, 2.45) is 332 Å². The Balaban J connectivity index is 0.00000252. The van der Waals surface area contributed by atoms with E-state index in [1.807, 2.05) is 25.7 Å². The summed E-state index contributed by atoms with van der Waals surface area (Å²) in [5.41, 5.74) is 40.1. The van der Waals surface area contributed by atoms with Crippen LogP contribution < -0.4 is 0 Å². The molecular formula is C64H36. The second-order valence-corrected chi connectivity index (χ2v) is 41.9. The SMILES string of the molecule is C.C1C2C3C4C5C6CC7C8C9C%10C%11C%12C%13CC%14C%15C%16C%17C%18CC%19C%20C%21C%22C%23C%24C1C21C32C43C54C67C85C96C%107C%118C%129C%14%13C%15%10C%16%11C%17%12C%18%19C%20%13C%21%14C%22%15C%23%16C%241C21C32C45C63C74C85C%109C%116C%12%13C%147C%158C%161C23C84C675. The Morgan fingerprint density at radius 2 is 0.312 bits per heavy atom. The summed E-state index contributed by atoms with van der Waals surface area (Å²) in [6.45, 7) is 0. The summed E-state index contributed by atoms with van der Waals surface area (Å²) in [6, 6.07) is 0. The molecule has 0 bridgehead atoms. The molecule has 44 unspecified atom stereocenters. The molecule has 0 heterocycles. The molecule has 35 spiro atoms. The Kier molecular flexibility index (Phi) is 0.971. The largest absolute Gasteiger partial charge is 0.0776 e. The average molecular weight is 805 g/mol. The van der Waals surface area contributed by atoms with Crippen LogP contribution in [0.1, 0.15) is 33.1 Å². The summed E-state index contributed by atoms with van der Waals surface area (Å²) in [4.78, 5) is 0.